The van der Waals surface area contributed by atoms with Crippen molar-refractivity contribution in [3.8, 4) is 5.75 Å². The molecule has 0 atom stereocenters. The highest BCUT2D eigenvalue weighted by molar-refractivity contribution is 5.78. The molecule has 0 fully saturated rings. The topological polar surface area (TPSA) is 83.8 Å². The Labute approximate surface area is 86.2 Å². The third-order valence-corrected chi connectivity index (χ3v) is 1.12. The molecule has 5 heteroatoms. The molecule has 0 heterocycles. The highest BCUT2D eigenvalue weighted by atomic mass is 16.7. The summed E-state index contributed by atoms with van der Waals surface area (Å²) in [6, 6.07) is 8.35. The third-order valence-electron chi connectivity index (χ3n) is 1.12. The fraction of sp³-hybridized carbons (Fsp3) is 0. The molecule has 0 spiro atoms. The lowest BCUT2D eigenvalue weighted by Gasteiger charge is -1.95. The van der Waals surface area contributed by atoms with Gasteiger partial charge in [-0.1, -0.05) is 24.8 Å². The van der Waals surface area contributed by atoms with Crippen LogP contribution in [0.25, 0.3) is 0 Å². The zero-order valence-electron chi connectivity index (χ0n) is 7.79. The van der Waals surface area contributed by atoms with Crippen LogP contribution in [-0.4, -0.2) is 22.3 Å². The molecule has 0 aromatic heterocycles. The fourth-order valence-electron chi connectivity index (χ4n) is 0.589. The van der Waals surface area contributed by atoms with Crippen molar-refractivity contribution in [1.82, 2.24) is 0 Å². The molecule has 0 aliphatic carbocycles. The molecule has 0 saturated carbocycles. The van der Waals surface area contributed by atoms with E-state index in [0.717, 1.165) is 6.08 Å². The van der Waals surface area contributed by atoms with Crippen molar-refractivity contribution in [2.24, 2.45) is 0 Å². The average molecular weight is 210 g/mol. The first-order valence-corrected chi connectivity index (χ1v) is 3.87. The normalized spacial score (nSPS) is 8.00. The minimum atomic E-state index is -1.29. The van der Waals surface area contributed by atoms with E-state index < -0.39 is 12.1 Å². The Bertz CT molecular complexity index is 331. The Morgan fingerprint density at radius 2 is 1.67 bits per heavy atom. The zero-order valence-corrected chi connectivity index (χ0v) is 7.79. The highest BCUT2D eigenvalue weighted by Gasteiger charge is 1.96. The second kappa shape index (κ2) is 7.14. The van der Waals surface area contributed by atoms with Crippen LogP contribution in [0.2, 0.25) is 0 Å². The van der Waals surface area contributed by atoms with Gasteiger partial charge in [-0.15, -0.1) is 0 Å². The fourth-order valence-corrected chi connectivity index (χ4v) is 0.589. The van der Waals surface area contributed by atoms with Crippen LogP contribution in [0, 0.1) is 0 Å². The van der Waals surface area contributed by atoms with E-state index in [1.165, 1.54) is 0 Å². The Morgan fingerprint density at radius 3 is 2.00 bits per heavy atom. The number of aliphatic carboxylic acids is 1. The zero-order chi connectivity index (χ0) is 11.7. The van der Waals surface area contributed by atoms with Gasteiger partial charge in [0.1, 0.15) is 5.75 Å². The molecule has 0 unspecified atom stereocenters. The van der Waals surface area contributed by atoms with E-state index in [9.17, 15) is 9.59 Å². The minimum Gasteiger partial charge on any atom is -0.478 e. The van der Waals surface area contributed by atoms with E-state index in [1.807, 2.05) is 0 Å². The van der Waals surface area contributed by atoms with Crippen LogP contribution in [0.15, 0.2) is 43.0 Å². The first kappa shape index (κ1) is 12.7. The Kier molecular flexibility index (Phi) is 6.04. The Morgan fingerprint density at radius 1 is 1.20 bits per heavy atom. The van der Waals surface area contributed by atoms with Gasteiger partial charge in [-0.25, -0.2) is 9.59 Å². The lowest BCUT2D eigenvalue weighted by molar-refractivity contribution is -0.131. The van der Waals surface area contributed by atoms with E-state index in [1.54, 1.807) is 30.3 Å². The number of carboxylic acid groups (broad SMARTS) is 2. The summed E-state index contributed by atoms with van der Waals surface area (Å²) in [5, 5.41) is 15.7. The molecule has 0 amide bonds. The molecule has 1 aromatic rings. The summed E-state index contributed by atoms with van der Waals surface area (Å²) in [5.41, 5.74) is 0. The van der Waals surface area contributed by atoms with Crippen LogP contribution >= 0.6 is 0 Å². The van der Waals surface area contributed by atoms with Crippen molar-refractivity contribution in [2.45, 2.75) is 0 Å². The summed E-state index contributed by atoms with van der Waals surface area (Å²) in [5.74, 6) is -0.639. The van der Waals surface area contributed by atoms with Crippen LogP contribution in [0.3, 0.4) is 0 Å². The van der Waals surface area contributed by atoms with Crippen molar-refractivity contribution in [2.75, 3.05) is 0 Å². The maximum atomic E-state index is 9.95. The number of hydrogen-bond donors (Lipinski definition) is 2. The smallest absolute Gasteiger partial charge is 0.478 e. The molecule has 1 aromatic carbocycles. The minimum absolute atomic E-state index is 0.343. The van der Waals surface area contributed by atoms with E-state index in [0.29, 0.717) is 5.75 Å². The number of ether oxygens (including phenoxy) is 1. The molecule has 2 N–H and O–H groups in total. The third kappa shape index (κ3) is 8.04. The van der Waals surface area contributed by atoms with Crippen LogP contribution in [-0.2, 0) is 4.79 Å². The molecule has 0 radical (unpaired) electrons. The highest BCUT2D eigenvalue weighted by Crippen LogP contribution is 2.07. The number of para-hydroxylation sites is 1. The van der Waals surface area contributed by atoms with Crippen LogP contribution < -0.4 is 4.74 Å². The number of carboxylic acids is 1. The van der Waals surface area contributed by atoms with Crippen molar-refractivity contribution in [1.29, 1.82) is 0 Å². The lowest BCUT2D eigenvalue weighted by Crippen LogP contribution is -2.02. The van der Waals surface area contributed by atoms with Gasteiger partial charge < -0.3 is 14.9 Å². The molecule has 80 valence electrons. The van der Waals surface area contributed by atoms with Gasteiger partial charge in [0.25, 0.3) is 0 Å². The largest absolute Gasteiger partial charge is 0.511 e. The van der Waals surface area contributed by atoms with Gasteiger partial charge in [-0.3, -0.25) is 0 Å². The summed E-state index contributed by atoms with van der Waals surface area (Å²) in [7, 11) is 0. The van der Waals surface area contributed by atoms with Crippen LogP contribution in [0.5, 0.6) is 5.75 Å². The van der Waals surface area contributed by atoms with E-state index in [2.05, 4.69) is 11.3 Å². The second-order valence-electron chi connectivity index (χ2n) is 2.22. The molecular weight excluding hydrogens is 200 g/mol. The Balaban J connectivity index is 0.000000336. The maximum absolute atomic E-state index is 9.95. The second-order valence-corrected chi connectivity index (χ2v) is 2.22. The quantitative estimate of drug-likeness (QED) is 0.443. The predicted octanol–water partition coefficient (Wildman–Crippen LogP) is 2.00. The van der Waals surface area contributed by atoms with Crippen LogP contribution in [0.4, 0.5) is 4.79 Å². The molecule has 1 rings (SSSR count). The first-order valence-electron chi connectivity index (χ1n) is 3.87. The molecule has 0 aliphatic heterocycles. The Hall–Kier alpha value is -2.30. The monoisotopic (exact) mass is 210 g/mol. The SMILES string of the molecule is C=CC(=O)O.O=C(O)Oc1ccccc1. The van der Waals surface area contributed by atoms with E-state index >= 15 is 0 Å². The lowest BCUT2D eigenvalue weighted by atomic mass is 10.3. The van der Waals surface area contributed by atoms with Gasteiger partial charge in [0.2, 0.25) is 0 Å². The van der Waals surface area contributed by atoms with E-state index in [4.69, 9.17) is 10.2 Å². The van der Waals surface area contributed by atoms with Gasteiger partial charge in [0.15, 0.2) is 0 Å². The van der Waals surface area contributed by atoms with Gasteiger partial charge in [0, 0.05) is 6.08 Å². The summed E-state index contributed by atoms with van der Waals surface area (Å²) in [6.07, 6.45) is -0.453. The summed E-state index contributed by atoms with van der Waals surface area (Å²) < 4.78 is 4.33. The van der Waals surface area contributed by atoms with E-state index in [-0.39, 0.29) is 0 Å². The molecular formula is C10H10O5. The number of hydrogen-bond acceptors (Lipinski definition) is 3. The summed E-state index contributed by atoms with van der Waals surface area (Å²) >= 11 is 0. The number of benzene rings is 1. The van der Waals surface area contributed by atoms with Crippen LogP contribution in [0.1, 0.15) is 0 Å². The predicted molar refractivity (Wildman–Crippen MR) is 52.9 cm³/mol. The van der Waals surface area contributed by atoms with Gasteiger partial charge in [-0.05, 0) is 12.1 Å². The number of carbonyl (C=O) groups is 2. The maximum Gasteiger partial charge on any atom is 0.511 e. The average Bonchev–Trinajstić information content (AvgIpc) is 2.19. The molecule has 5 nitrogen and oxygen atoms in total. The van der Waals surface area contributed by atoms with Crippen molar-refractivity contribution in [3.63, 3.8) is 0 Å². The molecule has 0 aliphatic rings. The first-order chi connectivity index (χ1) is 7.06. The van der Waals surface area contributed by atoms with Crippen molar-refractivity contribution < 1.29 is 24.5 Å². The van der Waals surface area contributed by atoms with Crippen molar-refractivity contribution >= 4 is 12.1 Å². The summed E-state index contributed by atoms with van der Waals surface area (Å²) in [6.45, 7) is 2.96. The molecule has 0 bridgehead atoms. The van der Waals surface area contributed by atoms with Gasteiger partial charge in [0.05, 0.1) is 0 Å². The standard InChI is InChI=1S/C7H6O3.C3H4O2/c8-7(9)10-6-4-2-1-3-5-6;1-2-3(4)5/h1-5H,(H,8,9);2H,1H2,(H,4,5). The van der Waals surface area contributed by atoms with Gasteiger partial charge in [-0.2, -0.15) is 0 Å². The molecule has 15 heavy (non-hydrogen) atoms. The van der Waals surface area contributed by atoms with Gasteiger partial charge >= 0.3 is 12.1 Å². The number of rotatable bonds is 2. The van der Waals surface area contributed by atoms with Crippen molar-refractivity contribution in [3.05, 3.63) is 43.0 Å². The molecule has 0 saturated heterocycles. The summed E-state index contributed by atoms with van der Waals surface area (Å²) in [4.78, 5) is 19.2.